The number of nitrogen functional groups attached to an aromatic ring is 1. The van der Waals surface area contributed by atoms with E-state index >= 15 is 0 Å². The summed E-state index contributed by atoms with van der Waals surface area (Å²) in [7, 11) is 0. The molecule has 5 nitrogen and oxygen atoms in total. The zero-order valence-electron chi connectivity index (χ0n) is 8.86. The van der Waals surface area contributed by atoms with Crippen molar-refractivity contribution in [2.45, 2.75) is 20.0 Å². The number of hydrogen-bond donors (Lipinski definition) is 2. The minimum atomic E-state index is -0.199. The van der Waals surface area contributed by atoms with E-state index in [9.17, 15) is 4.79 Å². The highest BCUT2D eigenvalue weighted by Gasteiger charge is 2.03. The molecule has 1 rings (SSSR count). The van der Waals surface area contributed by atoms with Crippen LogP contribution in [0.3, 0.4) is 0 Å². The van der Waals surface area contributed by atoms with Crippen molar-refractivity contribution < 1.29 is 9.53 Å². The summed E-state index contributed by atoms with van der Waals surface area (Å²) in [6.45, 7) is 3.79. The summed E-state index contributed by atoms with van der Waals surface area (Å²) in [6, 6.07) is 3.31. The number of nitrogens with two attached hydrogens (primary N) is 1. The molecule has 1 heterocycles. The average molecular weight is 209 g/mol. The normalized spacial score (nSPS) is 10.3. The van der Waals surface area contributed by atoms with E-state index in [0.717, 1.165) is 0 Å². The number of nitrogens with one attached hydrogen (secondary N) is 1. The number of aromatic nitrogens is 1. The van der Waals surface area contributed by atoms with E-state index in [2.05, 4.69) is 10.3 Å². The van der Waals surface area contributed by atoms with Gasteiger partial charge in [-0.05, 0) is 26.0 Å². The molecule has 5 heteroatoms. The predicted octanol–water partition coefficient (Wildman–Crippen LogP) is 1.03. The second-order valence-electron chi connectivity index (χ2n) is 3.38. The Balaban J connectivity index is 2.41. The number of ether oxygens (including phenoxy) is 1. The second kappa shape index (κ2) is 5.31. The summed E-state index contributed by atoms with van der Waals surface area (Å²) in [6.07, 6.45) is 1.54. The van der Waals surface area contributed by atoms with Crippen molar-refractivity contribution in [1.82, 2.24) is 4.98 Å². The minimum Gasteiger partial charge on any atom is -0.384 e. The van der Waals surface area contributed by atoms with Gasteiger partial charge >= 0.3 is 0 Å². The van der Waals surface area contributed by atoms with Gasteiger partial charge in [-0.25, -0.2) is 4.98 Å². The molecule has 0 saturated carbocycles. The number of amides is 1. The largest absolute Gasteiger partial charge is 0.384 e. The Bertz CT molecular complexity index is 322. The Morgan fingerprint density at radius 2 is 2.33 bits per heavy atom. The van der Waals surface area contributed by atoms with Crippen LogP contribution < -0.4 is 11.1 Å². The van der Waals surface area contributed by atoms with Gasteiger partial charge in [0.15, 0.2) is 0 Å². The fraction of sp³-hybridized carbons (Fsp3) is 0.400. The highest BCUT2D eigenvalue weighted by molar-refractivity contribution is 5.91. The highest BCUT2D eigenvalue weighted by atomic mass is 16.5. The third kappa shape index (κ3) is 4.42. The fourth-order valence-corrected chi connectivity index (χ4v) is 0.919. The molecule has 1 aromatic heterocycles. The van der Waals surface area contributed by atoms with Gasteiger partial charge in [0.25, 0.3) is 0 Å². The molecule has 0 aliphatic heterocycles. The molecule has 3 N–H and O–H groups in total. The molecule has 0 bridgehead atoms. The molecule has 0 fully saturated rings. The van der Waals surface area contributed by atoms with Gasteiger partial charge < -0.3 is 15.8 Å². The van der Waals surface area contributed by atoms with Crippen LogP contribution in [-0.2, 0) is 9.53 Å². The van der Waals surface area contributed by atoms with E-state index in [1.807, 2.05) is 13.8 Å². The molecule has 0 spiro atoms. The molecular formula is C10H15N3O2. The standard InChI is InChI=1S/C10H15N3O2/c1-7(2)15-6-10(14)13-8-3-4-9(11)12-5-8/h3-5,7H,6H2,1-2H3,(H2,11,12)(H,13,14). The van der Waals surface area contributed by atoms with E-state index in [1.165, 1.54) is 6.20 Å². The number of anilines is 2. The number of pyridine rings is 1. The van der Waals surface area contributed by atoms with E-state index in [4.69, 9.17) is 10.5 Å². The van der Waals surface area contributed by atoms with Gasteiger partial charge in [-0.15, -0.1) is 0 Å². The van der Waals surface area contributed by atoms with Gasteiger partial charge in [-0.3, -0.25) is 4.79 Å². The predicted molar refractivity (Wildman–Crippen MR) is 58.4 cm³/mol. The van der Waals surface area contributed by atoms with E-state index < -0.39 is 0 Å². The number of carbonyl (C=O) groups is 1. The van der Waals surface area contributed by atoms with Crippen LogP contribution in [0.4, 0.5) is 11.5 Å². The summed E-state index contributed by atoms with van der Waals surface area (Å²) in [5.41, 5.74) is 6.02. The van der Waals surface area contributed by atoms with Gasteiger partial charge in [0, 0.05) is 0 Å². The molecule has 1 amide bonds. The Labute approximate surface area is 88.6 Å². The van der Waals surface area contributed by atoms with Crippen LogP contribution in [0.5, 0.6) is 0 Å². The molecule has 0 unspecified atom stereocenters. The number of carbonyl (C=O) groups excluding carboxylic acids is 1. The van der Waals surface area contributed by atoms with Crippen LogP contribution in [0, 0.1) is 0 Å². The van der Waals surface area contributed by atoms with Crippen molar-refractivity contribution in [3.05, 3.63) is 18.3 Å². The van der Waals surface area contributed by atoms with Crippen LogP contribution in [0.15, 0.2) is 18.3 Å². The van der Waals surface area contributed by atoms with Crippen molar-refractivity contribution in [1.29, 1.82) is 0 Å². The van der Waals surface area contributed by atoms with Gasteiger partial charge in [0.05, 0.1) is 18.0 Å². The Kier molecular flexibility index (Phi) is 4.05. The Hall–Kier alpha value is -1.62. The van der Waals surface area contributed by atoms with Crippen molar-refractivity contribution in [2.75, 3.05) is 17.7 Å². The van der Waals surface area contributed by atoms with E-state index in [-0.39, 0.29) is 18.6 Å². The summed E-state index contributed by atoms with van der Waals surface area (Å²) in [5.74, 6) is 0.224. The lowest BCUT2D eigenvalue weighted by atomic mass is 10.4. The van der Waals surface area contributed by atoms with Crippen molar-refractivity contribution in [3.63, 3.8) is 0 Å². The highest BCUT2D eigenvalue weighted by Crippen LogP contribution is 2.06. The van der Waals surface area contributed by atoms with Crippen molar-refractivity contribution in [3.8, 4) is 0 Å². The molecular weight excluding hydrogens is 194 g/mol. The maximum absolute atomic E-state index is 11.3. The molecule has 82 valence electrons. The average Bonchev–Trinajstić information content (AvgIpc) is 2.19. The van der Waals surface area contributed by atoms with Gasteiger partial charge in [-0.1, -0.05) is 0 Å². The lowest BCUT2D eigenvalue weighted by molar-refractivity contribution is -0.121. The van der Waals surface area contributed by atoms with Gasteiger partial charge in [0.2, 0.25) is 5.91 Å². The molecule has 0 atom stereocenters. The first-order valence-electron chi connectivity index (χ1n) is 4.71. The molecule has 0 aliphatic carbocycles. The number of hydrogen-bond acceptors (Lipinski definition) is 4. The Morgan fingerprint density at radius 3 is 2.87 bits per heavy atom. The van der Waals surface area contributed by atoms with Crippen molar-refractivity contribution >= 4 is 17.4 Å². The molecule has 0 aliphatic rings. The molecule has 0 saturated heterocycles. The van der Waals surface area contributed by atoms with Crippen LogP contribution in [-0.4, -0.2) is 23.6 Å². The van der Waals surface area contributed by atoms with Crippen LogP contribution >= 0.6 is 0 Å². The van der Waals surface area contributed by atoms with Crippen LogP contribution in [0.25, 0.3) is 0 Å². The first kappa shape index (κ1) is 11.5. The quantitative estimate of drug-likeness (QED) is 0.776. The summed E-state index contributed by atoms with van der Waals surface area (Å²) < 4.78 is 5.14. The lowest BCUT2D eigenvalue weighted by Crippen LogP contribution is -2.20. The fourth-order valence-electron chi connectivity index (χ4n) is 0.919. The summed E-state index contributed by atoms with van der Waals surface area (Å²) in [4.78, 5) is 15.2. The van der Waals surface area contributed by atoms with Gasteiger partial charge in [0.1, 0.15) is 12.4 Å². The molecule has 0 radical (unpaired) electrons. The second-order valence-corrected chi connectivity index (χ2v) is 3.38. The smallest absolute Gasteiger partial charge is 0.250 e. The SMILES string of the molecule is CC(C)OCC(=O)Nc1ccc(N)nc1. The van der Waals surface area contributed by atoms with E-state index in [1.54, 1.807) is 12.1 Å². The summed E-state index contributed by atoms with van der Waals surface area (Å²) in [5, 5.41) is 2.64. The van der Waals surface area contributed by atoms with E-state index in [0.29, 0.717) is 11.5 Å². The Morgan fingerprint density at radius 1 is 1.60 bits per heavy atom. The maximum atomic E-state index is 11.3. The van der Waals surface area contributed by atoms with Crippen molar-refractivity contribution in [2.24, 2.45) is 0 Å². The first-order chi connectivity index (χ1) is 7.08. The van der Waals surface area contributed by atoms with Crippen LogP contribution in [0.2, 0.25) is 0 Å². The zero-order valence-corrected chi connectivity index (χ0v) is 8.86. The molecule has 15 heavy (non-hydrogen) atoms. The monoisotopic (exact) mass is 209 g/mol. The number of nitrogens with zero attached hydrogens (tertiary/aromatic N) is 1. The third-order valence-electron chi connectivity index (χ3n) is 1.62. The van der Waals surface area contributed by atoms with Crippen LogP contribution in [0.1, 0.15) is 13.8 Å². The number of rotatable bonds is 4. The molecule has 0 aromatic carbocycles. The topological polar surface area (TPSA) is 77.2 Å². The third-order valence-corrected chi connectivity index (χ3v) is 1.62. The first-order valence-corrected chi connectivity index (χ1v) is 4.71. The molecule has 1 aromatic rings. The zero-order chi connectivity index (χ0) is 11.3. The minimum absolute atomic E-state index is 0.0419. The lowest BCUT2D eigenvalue weighted by Gasteiger charge is -2.08. The summed E-state index contributed by atoms with van der Waals surface area (Å²) >= 11 is 0. The maximum Gasteiger partial charge on any atom is 0.250 e. The van der Waals surface area contributed by atoms with Gasteiger partial charge in [-0.2, -0.15) is 0 Å².